The van der Waals surface area contributed by atoms with Crippen LogP contribution < -0.4 is 0 Å². The number of hydrogen-bond donors (Lipinski definition) is 0. The van der Waals surface area contributed by atoms with Crippen LogP contribution in [0.4, 0.5) is 0 Å². The second kappa shape index (κ2) is 6.60. The lowest BCUT2D eigenvalue weighted by atomic mass is 10.1. The Balaban J connectivity index is 1.95. The van der Waals surface area contributed by atoms with Gasteiger partial charge in [0.15, 0.2) is 5.78 Å². The molecule has 0 aliphatic heterocycles. The van der Waals surface area contributed by atoms with Gasteiger partial charge in [0.2, 0.25) is 0 Å². The van der Waals surface area contributed by atoms with Crippen LogP contribution in [0.2, 0.25) is 0 Å². The zero-order valence-corrected chi connectivity index (χ0v) is 11.3. The highest BCUT2D eigenvalue weighted by molar-refractivity contribution is 5.97. The number of Topliss-reactive ketones (excluding diaryl/α,β-unsaturated/α-hetero) is 1. The van der Waals surface area contributed by atoms with Crippen molar-refractivity contribution < 1.29 is 4.79 Å². The number of nitrogens with zero attached hydrogens (tertiary/aromatic N) is 3. The van der Waals surface area contributed by atoms with Crippen molar-refractivity contribution in [3.05, 3.63) is 65.5 Å². The number of hydrogen-bond acceptors (Lipinski definition) is 4. The van der Waals surface area contributed by atoms with E-state index in [9.17, 15) is 4.79 Å². The third-order valence-corrected chi connectivity index (χ3v) is 2.95. The average molecular weight is 265 g/mol. The molecule has 0 aliphatic carbocycles. The molecule has 0 saturated carbocycles. The van der Waals surface area contributed by atoms with Crippen molar-refractivity contribution in [1.29, 1.82) is 5.26 Å². The van der Waals surface area contributed by atoms with Crippen LogP contribution in [-0.2, 0) is 6.54 Å². The Morgan fingerprint density at radius 1 is 1.20 bits per heavy atom. The summed E-state index contributed by atoms with van der Waals surface area (Å²) in [6.07, 6.45) is 3.48. The molecule has 1 aromatic carbocycles. The smallest absolute Gasteiger partial charge is 0.176 e. The minimum absolute atomic E-state index is 0.0473. The van der Waals surface area contributed by atoms with E-state index in [0.29, 0.717) is 24.2 Å². The molecule has 0 amide bonds. The van der Waals surface area contributed by atoms with E-state index in [1.807, 2.05) is 30.1 Å². The van der Waals surface area contributed by atoms with E-state index >= 15 is 0 Å². The predicted octanol–water partition coefficient (Wildman–Crippen LogP) is 2.27. The van der Waals surface area contributed by atoms with E-state index in [1.54, 1.807) is 36.7 Å². The molecule has 0 fully saturated rings. The van der Waals surface area contributed by atoms with Crippen molar-refractivity contribution in [2.45, 2.75) is 6.54 Å². The fourth-order valence-electron chi connectivity index (χ4n) is 1.92. The number of nitriles is 1. The molecule has 0 saturated heterocycles. The molecule has 0 bridgehead atoms. The van der Waals surface area contributed by atoms with E-state index < -0.39 is 0 Å². The van der Waals surface area contributed by atoms with E-state index in [4.69, 9.17) is 5.26 Å². The quantitative estimate of drug-likeness (QED) is 0.778. The molecule has 2 aromatic rings. The van der Waals surface area contributed by atoms with Crippen LogP contribution in [0.15, 0.2) is 48.8 Å². The van der Waals surface area contributed by atoms with Crippen LogP contribution in [0, 0.1) is 11.3 Å². The van der Waals surface area contributed by atoms with E-state index in [2.05, 4.69) is 4.98 Å². The van der Waals surface area contributed by atoms with Crippen LogP contribution in [0.3, 0.4) is 0 Å². The molecule has 0 spiro atoms. The average Bonchev–Trinajstić information content (AvgIpc) is 2.48. The van der Waals surface area contributed by atoms with E-state index in [-0.39, 0.29) is 5.78 Å². The summed E-state index contributed by atoms with van der Waals surface area (Å²) < 4.78 is 0. The summed E-state index contributed by atoms with van der Waals surface area (Å²) in [6, 6.07) is 12.6. The van der Waals surface area contributed by atoms with Crippen molar-refractivity contribution in [1.82, 2.24) is 9.88 Å². The summed E-state index contributed by atoms with van der Waals surface area (Å²) in [5.74, 6) is 0.0473. The van der Waals surface area contributed by atoms with Gasteiger partial charge >= 0.3 is 0 Å². The maximum Gasteiger partial charge on any atom is 0.176 e. The Morgan fingerprint density at radius 3 is 2.45 bits per heavy atom. The van der Waals surface area contributed by atoms with Crippen molar-refractivity contribution in [3.63, 3.8) is 0 Å². The number of benzene rings is 1. The van der Waals surface area contributed by atoms with Crippen LogP contribution in [0.1, 0.15) is 21.5 Å². The molecule has 4 heteroatoms. The fourth-order valence-corrected chi connectivity index (χ4v) is 1.92. The summed E-state index contributed by atoms with van der Waals surface area (Å²) in [6.45, 7) is 1.04. The molecule has 0 radical (unpaired) electrons. The second-order valence-corrected chi connectivity index (χ2v) is 4.64. The van der Waals surface area contributed by atoms with Crippen LogP contribution in [-0.4, -0.2) is 29.3 Å². The number of rotatable bonds is 5. The zero-order chi connectivity index (χ0) is 14.4. The third kappa shape index (κ3) is 3.74. The lowest BCUT2D eigenvalue weighted by Crippen LogP contribution is -2.25. The fraction of sp³-hybridized carbons (Fsp3) is 0.188. The highest BCUT2D eigenvalue weighted by atomic mass is 16.1. The van der Waals surface area contributed by atoms with Gasteiger partial charge in [-0.05, 0) is 36.9 Å². The highest BCUT2D eigenvalue weighted by Gasteiger charge is 2.09. The van der Waals surface area contributed by atoms with Crippen molar-refractivity contribution >= 4 is 5.78 Å². The summed E-state index contributed by atoms with van der Waals surface area (Å²) in [4.78, 5) is 18.0. The molecule has 1 heterocycles. The number of likely N-dealkylation sites (N-methyl/N-ethyl adjacent to an activating group) is 1. The Hall–Kier alpha value is -2.51. The molecule has 0 aliphatic rings. The second-order valence-electron chi connectivity index (χ2n) is 4.64. The highest BCUT2D eigenvalue weighted by Crippen LogP contribution is 2.07. The summed E-state index contributed by atoms with van der Waals surface area (Å²) in [5.41, 5.74) is 2.31. The lowest BCUT2D eigenvalue weighted by molar-refractivity contribution is 0.0943. The lowest BCUT2D eigenvalue weighted by Gasteiger charge is -2.15. The Kier molecular flexibility index (Phi) is 4.59. The summed E-state index contributed by atoms with van der Waals surface area (Å²) >= 11 is 0. The monoisotopic (exact) mass is 265 g/mol. The van der Waals surface area contributed by atoms with Gasteiger partial charge in [-0.2, -0.15) is 5.26 Å². The topological polar surface area (TPSA) is 57.0 Å². The van der Waals surface area contributed by atoms with Gasteiger partial charge in [0.1, 0.15) is 0 Å². The number of carbonyl (C=O) groups is 1. The minimum atomic E-state index is 0.0473. The number of carbonyl (C=O) groups excluding carboxylic acids is 1. The first-order valence-electron chi connectivity index (χ1n) is 6.30. The number of ketones is 1. The Bertz CT molecular complexity index is 614. The summed E-state index contributed by atoms with van der Waals surface area (Å²) in [5, 5.41) is 8.73. The van der Waals surface area contributed by atoms with E-state index in [0.717, 1.165) is 5.56 Å². The van der Waals surface area contributed by atoms with Crippen LogP contribution in [0.5, 0.6) is 0 Å². The molecule has 0 N–H and O–H groups in total. The minimum Gasteiger partial charge on any atom is -0.295 e. The Morgan fingerprint density at radius 2 is 1.85 bits per heavy atom. The first kappa shape index (κ1) is 13.9. The van der Waals surface area contributed by atoms with Crippen molar-refractivity contribution in [2.24, 2.45) is 0 Å². The van der Waals surface area contributed by atoms with Gasteiger partial charge in [0.05, 0.1) is 18.2 Å². The maximum absolute atomic E-state index is 12.1. The van der Waals surface area contributed by atoms with Crippen LogP contribution >= 0.6 is 0 Å². The Labute approximate surface area is 118 Å². The van der Waals surface area contributed by atoms with Crippen molar-refractivity contribution in [3.8, 4) is 6.07 Å². The molecule has 4 nitrogen and oxygen atoms in total. The van der Waals surface area contributed by atoms with Gasteiger partial charge in [-0.15, -0.1) is 0 Å². The van der Waals surface area contributed by atoms with E-state index in [1.165, 1.54) is 0 Å². The van der Waals surface area contributed by atoms with Crippen LogP contribution in [0.25, 0.3) is 0 Å². The van der Waals surface area contributed by atoms with Crippen molar-refractivity contribution in [2.75, 3.05) is 13.6 Å². The molecule has 0 atom stereocenters. The number of pyridine rings is 1. The third-order valence-electron chi connectivity index (χ3n) is 2.95. The molecule has 1 aromatic heterocycles. The largest absolute Gasteiger partial charge is 0.295 e. The molecule has 100 valence electrons. The van der Waals surface area contributed by atoms with Gasteiger partial charge in [0.25, 0.3) is 0 Å². The summed E-state index contributed by atoms with van der Waals surface area (Å²) in [7, 11) is 1.90. The first-order chi connectivity index (χ1) is 9.69. The molecule has 0 unspecified atom stereocenters. The molecular weight excluding hydrogens is 250 g/mol. The SMILES string of the molecule is CN(CC(=O)c1ccc(C#N)cc1)Cc1ccncc1. The first-order valence-corrected chi connectivity index (χ1v) is 6.30. The molecular formula is C16H15N3O. The van der Waals surface area contributed by atoms with Gasteiger partial charge in [-0.1, -0.05) is 12.1 Å². The number of aromatic nitrogens is 1. The van der Waals surface area contributed by atoms with Gasteiger partial charge in [0, 0.05) is 24.5 Å². The van der Waals surface area contributed by atoms with Gasteiger partial charge in [-0.25, -0.2) is 0 Å². The maximum atomic E-state index is 12.1. The van der Waals surface area contributed by atoms with Gasteiger partial charge < -0.3 is 0 Å². The molecule has 20 heavy (non-hydrogen) atoms. The predicted molar refractivity (Wildman–Crippen MR) is 76.1 cm³/mol. The van der Waals surface area contributed by atoms with Gasteiger partial charge in [-0.3, -0.25) is 14.7 Å². The zero-order valence-electron chi connectivity index (χ0n) is 11.3. The normalized spacial score (nSPS) is 10.2. The molecule has 2 rings (SSSR count). The standard InChI is InChI=1S/C16H15N3O/c1-19(11-14-6-8-18-9-7-14)12-16(20)15-4-2-13(10-17)3-5-15/h2-9H,11-12H2,1H3.